The van der Waals surface area contributed by atoms with Crippen LogP contribution in [0.3, 0.4) is 0 Å². The lowest BCUT2D eigenvalue weighted by Gasteiger charge is -2.25. The zero-order chi connectivity index (χ0) is 20.9. The summed E-state index contributed by atoms with van der Waals surface area (Å²) in [6.45, 7) is 11.0. The fourth-order valence-electron chi connectivity index (χ4n) is 2.81. The molecular formula is C22H28FN3O2. The smallest absolute Gasteiger partial charge is 0.239 e. The van der Waals surface area contributed by atoms with E-state index < -0.39 is 23.0 Å². The lowest BCUT2D eigenvalue weighted by atomic mass is 9.90. The van der Waals surface area contributed by atoms with Crippen LogP contribution >= 0.6 is 0 Å². The molecule has 0 aromatic heterocycles. The normalized spacial score (nSPS) is 11.1. The van der Waals surface area contributed by atoms with Gasteiger partial charge in [0.25, 0.3) is 0 Å². The van der Waals surface area contributed by atoms with Crippen molar-refractivity contribution in [1.29, 1.82) is 0 Å². The Morgan fingerprint density at radius 2 is 1.64 bits per heavy atom. The minimum Gasteiger partial charge on any atom is -0.372 e. The van der Waals surface area contributed by atoms with Gasteiger partial charge in [0.15, 0.2) is 0 Å². The van der Waals surface area contributed by atoms with Crippen molar-refractivity contribution in [3.05, 3.63) is 53.8 Å². The first-order chi connectivity index (χ1) is 13.2. The molecule has 28 heavy (non-hydrogen) atoms. The number of anilines is 3. The molecule has 150 valence electrons. The van der Waals surface area contributed by atoms with Gasteiger partial charge < -0.3 is 15.5 Å². The molecule has 0 radical (unpaired) electrons. The van der Waals surface area contributed by atoms with Gasteiger partial charge in [-0.1, -0.05) is 6.07 Å². The highest BCUT2D eigenvalue weighted by Crippen LogP contribution is 2.26. The molecule has 0 saturated carbocycles. The van der Waals surface area contributed by atoms with E-state index in [4.69, 9.17) is 0 Å². The van der Waals surface area contributed by atoms with Crippen molar-refractivity contribution in [2.45, 2.75) is 34.6 Å². The first-order valence-corrected chi connectivity index (χ1v) is 9.43. The molecule has 0 aliphatic rings. The zero-order valence-corrected chi connectivity index (χ0v) is 17.1. The summed E-state index contributed by atoms with van der Waals surface area (Å²) in [4.78, 5) is 27.6. The van der Waals surface area contributed by atoms with Gasteiger partial charge in [-0.05, 0) is 76.6 Å². The van der Waals surface area contributed by atoms with Crippen LogP contribution in [0, 0.1) is 18.2 Å². The second kappa shape index (κ2) is 8.87. The fraction of sp³-hybridized carbons (Fsp3) is 0.364. The maximum atomic E-state index is 13.3. The van der Waals surface area contributed by atoms with Crippen LogP contribution in [0.4, 0.5) is 21.5 Å². The summed E-state index contributed by atoms with van der Waals surface area (Å²) in [5, 5.41) is 5.44. The largest absolute Gasteiger partial charge is 0.372 e. The van der Waals surface area contributed by atoms with Crippen LogP contribution in [0.1, 0.15) is 33.3 Å². The zero-order valence-electron chi connectivity index (χ0n) is 17.1. The van der Waals surface area contributed by atoms with E-state index in [2.05, 4.69) is 29.4 Å². The van der Waals surface area contributed by atoms with Crippen LogP contribution in [0.25, 0.3) is 0 Å². The summed E-state index contributed by atoms with van der Waals surface area (Å²) in [7, 11) is 0. The van der Waals surface area contributed by atoms with Crippen molar-refractivity contribution in [2.75, 3.05) is 28.6 Å². The van der Waals surface area contributed by atoms with Gasteiger partial charge in [0.2, 0.25) is 11.8 Å². The molecule has 0 heterocycles. The van der Waals surface area contributed by atoms with E-state index in [0.29, 0.717) is 11.4 Å². The molecule has 0 aliphatic carbocycles. The first-order valence-electron chi connectivity index (χ1n) is 9.43. The van der Waals surface area contributed by atoms with Gasteiger partial charge >= 0.3 is 0 Å². The van der Waals surface area contributed by atoms with Crippen molar-refractivity contribution in [1.82, 2.24) is 0 Å². The van der Waals surface area contributed by atoms with E-state index in [1.165, 1.54) is 32.0 Å². The standard InChI is InChI=1S/C22H28FN3O2/c1-6-26(7-2)18-11-12-19(15(3)13-18)25-21(28)22(4,5)20(27)24-17-10-8-9-16(23)14-17/h8-14H,6-7H2,1-5H3,(H,24,27)(H,25,28). The molecule has 0 spiro atoms. The predicted octanol–water partition coefficient (Wildman–Crippen LogP) is 4.58. The number of rotatable bonds is 7. The van der Waals surface area contributed by atoms with Gasteiger partial charge in [-0.2, -0.15) is 0 Å². The van der Waals surface area contributed by atoms with E-state index in [1.807, 2.05) is 25.1 Å². The van der Waals surface area contributed by atoms with Crippen molar-refractivity contribution in [2.24, 2.45) is 5.41 Å². The average molecular weight is 385 g/mol. The summed E-state index contributed by atoms with van der Waals surface area (Å²) >= 11 is 0. The molecule has 0 saturated heterocycles. The quantitative estimate of drug-likeness (QED) is 0.686. The summed E-state index contributed by atoms with van der Waals surface area (Å²) < 4.78 is 13.3. The van der Waals surface area contributed by atoms with Gasteiger partial charge in [0.05, 0.1) is 0 Å². The van der Waals surface area contributed by atoms with Crippen LogP contribution in [-0.2, 0) is 9.59 Å². The third-order valence-electron chi connectivity index (χ3n) is 4.80. The number of benzene rings is 2. The van der Waals surface area contributed by atoms with Crippen molar-refractivity contribution < 1.29 is 14.0 Å². The van der Waals surface area contributed by atoms with Gasteiger partial charge in [0, 0.05) is 30.2 Å². The number of halogens is 1. The minimum atomic E-state index is -1.34. The molecule has 2 amide bonds. The third kappa shape index (κ3) is 4.88. The highest BCUT2D eigenvalue weighted by Gasteiger charge is 2.36. The predicted molar refractivity (Wildman–Crippen MR) is 112 cm³/mol. The van der Waals surface area contributed by atoms with Crippen LogP contribution in [-0.4, -0.2) is 24.9 Å². The van der Waals surface area contributed by atoms with Gasteiger partial charge in [0.1, 0.15) is 11.2 Å². The fourth-order valence-corrected chi connectivity index (χ4v) is 2.81. The Morgan fingerprint density at radius 1 is 1.00 bits per heavy atom. The molecule has 0 atom stereocenters. The molecular weight excluding hydrogens is 357 g/mol. The summed E-state index contributed by atoms with van der Waals surface area (Å²) in [6.07, 6.45) is 0. The molecule has 2 aromatic carbocycles. The first kappa shape index (κ1) is 21.4. The molecule has 0 fully saturated rings. The van der Waals surface area contributed by atoms with E-state index in [9.17, 15) is 14.0 Å². The maximum absolute atomic E-state index is 13.3. The Kier molecular flexibility index (Phi) is 6.78. The van der Waals surface area contributed by atoms with Crippen LogP contribution < -0.4 is 15.5 Å². The second-order valence-electron chi connectivity index (χ2n) is 7.22. The lowest BCUT2D eigenvalue weighted by molar-refractivity contribution is -0.135. The summed E-state index contributed by atoms with van der Waals surface area (Å²) in [5.41, 5.74) is 1.64. The van der Waals surface area contributed by atoms with Crippen molar-refractivity contribution in [3.8, 4) is 0 Å². The Labute approximate surface area is 165 Å². The number of hydrogen-bond acceptors (Lipinski definition) is 3. The molecule has 6 heteroatoms. The minimum absolute atomic E-state index is 0.311. The number of nitrogens with zero attached hydrogens (tertiary/aromatic N) is 1. The molecule has 0 bridgehead atoms. The Morgan fingerprint density at radius 3 is 2.21 bits per heavy atom. The number of aryl methyl sites for hydroxylation is 1. The molecule has 5 nitrogen and oxygen atoms in total. The summed E-state index contributed by atoms with van der Waals surface area (Å²) in [5.74, 6) is -1.39. The van der Waals surface area contributed by atoms with E-state index >= 15 is 0 Å². The van der Waals surface area contributed by atoms with Gasteiger partial charge in [-0.25, -0.2) is 4.39 Å². The molecule has 0 unspecified atom stereocenters. The number of carbonyl (C=O) groups excluding carboxylic acids is 2. The summed E-state index contributed by atoms with van der Waals surface area (Å²) in [6, 6.07) is 11.4. The Bertz CT molecular complexity index is 861. The highest BCUT2D eigenvalue weighted by atomic mass is 19.1. The van der Waals surface area contributed by atoms with Crippen LogP contribution in [0.15, 0.2) is 42.5 Å². The number of amides is 2. The molecule has 0 aliphatic heterocycles. The van der Waals surface area contributed by atoms with E-state index in [-0.39, 0.29) is 0 Å². The Balaban J connectivity index is 2.13. The average Bonchev–Trinajstić information content (AvgIpc) is 2.64. The third-order valence-corrected chi connectivity index (χ3v) is 4.80. The van der Waals surface area contributed by atoms with E-state index in [1.54, 1.807) is 6.07 Å². The maximum Gasteiger partial charge on any atom is 0.239 e. The van der Waals surface area contributed by atoms with Gasteiger partial charge in [-0.3, -0.25) is 9.59 Å². The topological polar surface area (TPSA) is 61.4 Å². The number of carbonyl (C=O) groups is 2. The second-order valence-corrected chi connectivity index (χ2v) is 7.22. The van der Waals surface area contributed by atoms with Gasteiger partial charge in [-0.15, -0.1) is 0 Å². The monoisotopic (exact) mass is 385 g/mol. The number of nitrogens with one attached hydrogen (secondary N) is 2. The lowest BCUT2D eigenvalue weighted by Crippen LogP contribution is -2.41. The molecule has 2 N–H and O–H groups in total. The van der Waals surface area contributed by atoms with Crippen molar-refractivity contribution >= 4 is 28.9 Å². The van der Waals surface area contributed by atoms with Crippen molar-refractivity contribution in [3.63, 3.8) is 0 Å². The van der Waals surface area contributed by atoms with Crippen LogP contribution in [0.2, 0.25) is 0 Å². The molecule has 2 rings (SSSR count). The molecule has 2 aromatic rings. The Hall–Kier alpha value is -2.89. The number of hydrogen-bond donors (Lipinski definition) is 2. The SMILES string of the molecule is CCN(CC)c1ccc(NC(=O)C(C)(C)C(=O)Nc2cccc(F)c2)c(C)c1. The van der Waals surface area contributed by atoms with Crippen LogP contribution in [0.5, 0.6) is 0 Å². The highest BCUT2D eigenvalue weighted by molar-refractivity contribution is 6.14. The van der Waals surface area contributed by atoms with E-state index in [0.717, 1.165) is 24.3 Å².